The highest BCUT2D eigenvalue weighted by atomic mass is 15.2. The van der Waals surface area contributed by atoms with E-state index in [1.54, 1.807) is 0 Å². The largest absolute Gasteiger partial charge is 0.326 e. The van der Waals surface area contributed by atoms with Gasteiger partial charge in [0.15, 0.2) is 0 Å². The molecule has 0 bridgehead atoms. The lowest BCUT2D eigenvalue weighted by atomic mass is 10.1. The van der Waals surface area contributed by atoms with Gasteiger partial charge in [0.25, 0.3) is 0 Å². The molecule has 90 valence electrons. The second-order valence-electron chi connectivity index (χ2n) is 5.09. The topological polar surface area (TPSA) is 53.0 Å². The van der Waals surface area contributed by atoms with Crippen molar-refractivity contribution in [2.45, 2.75) is 26.4 Å². The number of benzene rings is 1. The monoisotopic (exact) mass is 229 g/mol. The van der Waals surface area contributed by atoms with Crippen molar-refractivity contribution in [3.8, 4) is 6.07 Å². The number of rotatable bonds is 2. The van der Waals surface area contributed by atoms with Crippen molar-refractivity contribution in [1.82, 2.24) is 4.90 Å². The molecule has 2 atom stereocenters. The molecule has 1 aliphatic rings. The van der Waals surface area contributed by atoms with E-state index in [0.717, 1.165) is 25.2 Å². The molecule has 1 fully saturated rings. The molecule has 2 N–H and O–H groups in total. The Labute approximate surface area is 103 Å². The number of likely N-dealkylation sites (tertiary alicyclic amines) is 1. The van der Waals surface area contributed by atoms with Crippen molar-refractivity contribution in [3.63, 3.8) is 0 Å². The van der Waals surface area contributed by atoms with Crippen molar-refractivity contribution in [1.29, 1.82) is 5.26 Å². The minimum Gasteiger partial charge on any atom is -0.326 e. The van der Waals surface area contributed by atoms with Gasteiger partial charge in [-0.25, -0.2) is 0 Å². The number of nitriles is 1. The summed E-state index contributed by atoms with van der Waals surface area (Å²) >= 11 is 0. The number of nitrogens with two attached hydrogens (primary N) is 1. The van der Waals surface area contributed by atoms with Gasteiger partial charge in [0.1, 0.15) is 0 Å². The standard InChI is InChI=1S/C14H19N3/c1-10-5-12(6-15)3-4-13(10)8-17-7-11(2)14(16)9-17/h3-5,11,14H,7-9,16H2,1-2H3. The SMILES string of the molecule is Cc1cc(C#N)ccc1CN1CC(C)C(N)C1. The second-order valence-corrected chi connectivity index (χ2v) is 5.09. The average Bonchev–Trinajstić information content (AvgIpc) is 2.61. The first-order valence-corrected chi connectivity index (χ1v) is 6.07. The number of nitrogens with zero attached hydrogens (tertiary/aromatic N) is 2. The molecule has 0 amide bonds. The highest BCUT2D eigenvalue weighted by Gasteiger charge is 2.26. The molecule has 0 aliphatic carbocycles. The Bertz CT molecular complexity index is 437. The molecule has 0 saturated carbocycles. The zero-order valence-electron chi connectivity index (χ0n) is 10.5. The third-order valence-electron chi connectivity index (χ3n) is 3.61. The minimum atomic E-state index is 0.300. The summed E-state index contributed by atoms with van der Waals surface area (Å²) in [5, 5.41) is 8.83. The zero-order valence-corrected chi connectivity index (χ0v) is 10.5. The summed E-state index contributed by atoms with van der Waals surface area (Å²) in [6.07, 6.45) is 0. The molecule has 3 heteroatoms. The van der Waals surface area contributed by atoms with Gasteiger partial charge in [-0.1, -0.05) is 13.0 Å². The van der Waals surface area contributed by atoms with E-state index in [0.29, 0.717) is 12.0 Å². The minimum absolute atomic E-state index is 0.300. The summed E-state index contributed by atoms with van der Waals surface area (Å²) in [5.41, 5.74) is 9.24. The first-order valence-electron chi connectivity index (χ1n) is 6.07. The average molecular weight is 229 g/mol. The summed E-state index contributed by atoms with van der Waals surface area (Å²) in [6.45, 7) is 7.25. The molecule has 0 aromatic heterocycles. The molecule has 1 aromatic rings. The summed E-state index contributed by atoms with van der Waals surface area (Å²) < 4.78 is 0. The Kier molecular flexibility index (Phi) is 3.46. The fourth-order valence-corrected chi connectivity index (χ4v) is 2.41. The van der Waals surface area contributed by atoms with Gasteiger partial charge in [-0.15, -0.1) is 0 Å². The lowest BCUT2D eigenvalue weighted by molar-refractivity contribution is 0.318. The summed E-state index contributed by atoms with van der Waals surface area (Å²) in [6, 6.07) is 8.37. The Morgan fingerprint density at radius 2 is 2.24 bits per heavy atom. The van der Waals surface area contributed by atoms with Crippen LogP contribution in [0, 0.1) is 24.2 Å². The maximum atomic E-state index is 8.83. The smallest absolute Gasteiger partial charge is 0.0991 e. The van der Waals surface area contributed by atoms with Crippen molar-refractivity contribution in [3.05, 3.63) is 34.9 Å². The van der Waals surface area contributed by atoms with Gasteiger partial charge in [0.2, 0.25) is 0 Å². The van der Waals surface area contributed by atoms with Gasteiger partial charge in [-0.3, -0.25) is 4.90 Å². The molecule has 17 heavy (non-hydrogen) atoms. The van der Waals surface area contributed by atoms with E-state index in [1.807, 2.05) is 12.1 Å². The summed E-state index contributed by atoms with van der Waals surface area (Å²) in [4.78, 5) is 2.39. The Morgan fingerprint density at radius 1 is 1.47 bits per heavy atom. The molecule has 2 rings (SSSR count). The van der Waals surface area contributed by atoms with E-state index in [2.05, 4.69) is 30.9 Å². The predicted molar refractivity (Wildman–Crippen MR) is 68.3 cm³/mol. The van der Waals surface area contributed by atoms with E-state index < -0.39 is 0 Å². The summed E-state index contributed by atoms with van der Waals surface area (Å²) in [5.74, 6) is 0.577. The molecule has 2 unspecified atom stereocenters. The van der Waals surface area contributed by atoms with Gasteiger partial charge in [-0.05, 0) is 36.1 Å². The van der Waals surface area contributed by atoms with Crippen LogP contribution in [0.1, 0.15) is 23.6 Å². The van der Waals surface area contributed by atoms with Crippen LogP contribution in [-0.2, 0) is 6.54 Å². The van der Waals surface area contributed by atoms with E-state index >= 15 is 0 Å². The number of hydrogen-bond acceptors (Lipinski definition) is 3. The third kappa shape index (κ3) is 2.66. The van der Waals surface area contributed by atoms with Gasteiger partial charge in [-0.2, -0.15) is 5.26 Å². The maximum absolute atomic E-state index is 8.83. The van der Waals surface area contributed by atoms with Gasteiger partial charge in [0.05, 0.1) is 11.6 Å². The van der Waals surface area contributed by atoms with Crippen molar-refractivity contribution in [2.24, 2.45) is 11.7 Å². The molecule has 3 nitrogen and oxygen atoms in total. The van der Waals surface area contributed by atoms with E-state index in [9.17, 15) is 0 Å². The van der Waals surface area contributed by atoms with Crippen LogP contribution >= 0.6 is 0 Å². The van der Waals surface area contributed by atoms with Crippen LogP contribution in [0.4, 0.5) is 0 Å². The Balaban J connectivity index is 2.07. The highest BCUT2D eigenvalue weighted by molar-refractivity contribution is 5.37. The fourth-order valence-electron chi connectivity index (χ4n) is 2.41. The first-order chi connectivity index (χ1) is 8.10. The lowest BCUT2D eigenvalue weighted by Gasteiger charge is -2.16. The predicted octanol–water partition coefficient (Wildman–Crippen LogP) is 1.65. The van der Waals surface area contributed by atoms with Crippen LogP contribution in [0.2, 0.25) is 0 Å². The fraction of sp³-hybridized carbons (Fsp3) is 0.500. The van der Waals surface area contributed by atoms with E-state index in [4.69, 9.17) is 11.0 Å². The van der Waals surface area contributed by atoms with Crippen LogP contribution in [0.3, 0.4) is 0 Å². The van der Waals surface area contributed by atoms with Crippen LogP contribution in [-0.4, -0.2) is 24.0 Å². The zero-order chi connectivity index (χ0) is 12.4. The quantitative estimate of drug-likeness (QED) is 0.839. The third-order valence-corrected chi connectivity index (χ3v) is 3.61. The second kappa shape index (κ2) is 4.87. The maximum Gasteiger partial charge on any atom is 0.0991 e. The van der Waals surface area contributed by atoms with Gasteiger partial charge >= 0.3 is 0 Å². The van der Waals surface area contributed by atoms with Crippen molar-refractivity contribution in [2.75, 3.05) is 13.1 Å². The normalized spacial score (nSPS) is 24.8. The molecular formula is C14H19N3. The first kappa shape index (κ1) is 12.1. The molecular weight excluding hydrogens is 210 g/mol. The highest BCUT2D eigenvalue weighted by Crippen LogP contribution is 2.19. The van der Waals surface area contributed by atoms with Gasteiger partial charge < -0.3 is 5.73 Å². The van der Waals surface area contributed by atoms with Crippen molar-refractivity contribution >= 4 is 0 Å². The molecule has 1 heterocycles. The molecule has 1 aliphatic heterocycles. The van der Waals surface area contributed by atoms with E-state index in [1.165, 1.54) is 11.1 Å². The van der Waals surface area contributed by atoms with Crippen LogP contribution in [0.15, 0.2) is 18.2 Å². The van der Waals surface area contributed by atoms with Gasteiger partial charge in [0, 0.05) is 25.7 Å². The summed E-state index contributed by atoms with van der Waals surface area (Å²) in [7, 11) is 0. The molecule has 0 spiro atoms. The number of hydrogen-bond donors (Lipinski definition) is 1. The van der Waals surface area contributed by atoms with E-state index in [-0.39, 0.29) is 0 Å². The van der Waals surface area contributed by atoms with Crippen LogP contribution in [0.25, 0.3) is 0 Å². The molecule has 0 radical (unpaired) electrons. The van der Waals surface area contributed by atoms with Crippen LogP contribution < -0.4 is 5.73 Å². The lowest BCUT2D eigenvalue weighted by Crippen LogP contribution is -2.28. The number of aryl methyl sites for hydroxylation is 1. The Morgan fingerprint density at radius 3 is 2.76 bits per heavy atom. The molecule has 1 saturated heterocycles. The van der Waals surface area contributed by atoms with Crippen molar-refractivity contribution < 1.29 is 0 Å². The molecule has 1 aromatic carbocycles. The van der Waals surface area contributed by atoms with Crippen LogP contribution in [0.5, 0.6) is 0 Å². The Hall–Kier alpha value is -1.37.